The van der Waals surface area contributed by atoms with Crippen molar-refractivity contribution < 1.29 is 9.15 Å². The lowest BCUT2D eigenvalue weighted by atomic mass is 9.99. The molecule has 110 valence electrons. The van der Waals surface area contributed by atoms with Crippen molar-refractivity contribution in [3.05, 3.63) is 34.5 Å². The first-order valence-electron chi connectivity index (χ1n) is 6.81. The van der Waals surface area contributed by atoms with Crippen molar-refractivity contribution in [1.29, 1.82) is 0 Å². The molecule has 0 fully saturated rings. The molecular weight excluding hydrogens is 254 g/mol. The molecule has 0 saturated heterocycles. The molecule has 0 amide bonds. The Bertz CT molecular complexity index is 611. The molecule has 0 bridgehead atoms. The van der Waals surface area contributed by atoms with Gasteiger partial charge in [-0.05, 0) is 40.2 Å². The van der Waals surface area contributed by atoms with Crippen molar-refractivity contribution in [3.8, 4) is 5.75 Å². The second kappa shape index (κ2) is 5.32. The third-order valence-corrected chi connectivity index (χ3v) is 3.73. The molecule has 0 saturated carbocycles. The maximum atomic E-state index is 6.49. The van der Waals surface area contributed by atoms with E-state index in [1.165, 1.54) is 0 Å². The summed E-state index contributed by atoms with van der Waals surface area (Å²) in [5.41, 5.74) is 9.48. The van der Waals surface area contributed by atoms with Gasteiger partial charge < -0.3 is 14.9 Å². The molecule has 5 nitrogen and oxygen atoms in total. The average molecular weight is 277 g/mol. The smallest absolute Gasteiger partial charge is 0.161 e. The minimum Gasteiger partial charge on any atom is -0.493 e. The van der Waals surface area contributed by atoms with Gasteiger partial charge in [-0.25, -0.2) is 0 Å². The molecule has 0 aromatic carbocycles. The largest absolute Gasteiger partial charge is 0.493 e. The van der Waals surface area contributed by atoms with Gasteiger partial charge in [-0.15, -0.1) is 0 Å². The first-order valence-corrected chi connectivity index (χ1v) is 6.81. The third kappa shape index (κ3) is 2.22. The SMILES string of the molecule is COc1cnn(C(C)C)c1C(N)c1c(C)oc(C)c1C. The molecule has 1 unspecified atom stereocenters. The molecule has 0 aliphatic heterocycles. The number of nitrogens with two attached hydrogens (primary N) is 1. The summed E-state index contributed by atoms with van der Waals surface area (Å²) >= 11 is 0. The number of hydrogen-bond acceptors (Lipinski definition) is 4. The zero-order valence-corrected chi connectivity index (χ0v) is 13.0. The predicted octanol–water partition coefficient (Wildman–Crippen LogP) is 3.04. The van der Waals surface area contributed by atoms with E-state index in [4.69, 9.17) is 14.9 Å². The van der Waals surface area contributed by atoms with Gasteiger partial charge in [0.2, 0.25) is 0 Å². The molecule has 2 N–H and O–H groups in total. The lowest BCUT2D eigenvalue weighted by Gasteiger charge is -2.18. The summed E-state index contributed by atoms with van der Waals surface area (Å²) in [7, 11) is 1.64. The van der Waals surface area contributed by atoms with Gasteiger partial charge in [0.15, 0.2) is 5.75 Å². The van der Waals surface area contributed by atoms with Gasteiger partial charge in [-0.1, -0.05) is 0 Å². The van der Waals surface area contributed by atoms with Crippen LogP contribution < -0.4 is 10.5 Å². The minimum atomic E-state index is -0.313. The molecule has 1 atom stereocenters. The van der Waals surface area contributed by atoms with Crippen LogP contribution in [-0.2, 0) is 0 Å². The highest BCUT2D eigenvalue weighted by molar-refractivity contribution is 5.42. The Labute approximate surface area is 119 Å². The van der Waals surface area contributed by atoms with Crippen LogP contribution in [0.1, 0.15) is 54.3 Å². The van der Waals surface area contributed by atoms with Gasteiger partial charge in [-0.2, -0.15) is 5.10 Å². The fourth-order valence-electron chi connectivity index (χ4n) is 2.62. The summed E-state index contributed by atoms with van der Waals surface area (Å²) in [5.74, 6) is 2.47. The molecule has 0 radical (unpaired) electrons. The molecular formula is C15H23N3O2. The highest BCUT2D eigenvalue weighted by Gasteiger charge is 2.26. The van der Waals surface area contributed by atoms with Crippen molar-refractivity contribution in [1.82, 2.24) is 9.78 Å². The Kier molecular flexibility index (Phi) is 3.90. The molecule has 20 heavy (non-hydrogen) atoms. The lowest BCUT2D eigenvalue weighted by molar-refractivity contribution is 0.400. The molecule has 0 spiro atoms. The quantitative estimate of drug-likeness (QED) is 0.932. The number of aryl methyl sites for hydroxylation is 2. The van der Waals surface area contributed by atoms with E-state index in [1.807, 2.05) is 25.5 Å². The summed E-state index contributed by atoms with van der Waals surface area (Å²) in [6, 6.07) is -0.0964. The van der Waals surface area contributed by atoms with Gasteiger partial charge in [0.25, 0.3) is 0 Å². The van der Waals surface area contributed by atoms with Crippen molar-refractivity contribution >= 4 is 0 Å². The van der Waals surface area contributed by atoms with Crippen LogP contribution in [0.4, 0.5) is 0 Å². The van der Waals surface area contributed by atoms with Crippen molar-refractivity contribution in [2.24, 2.45) is 5.73 Å². The molecule has 0 aliphatic rings. The van der Waals surface area contributed by atoms with Gasteiger partial charge >= 0.3 is 0 Å². The molecule has 2 aromatic heterocycles. The van der Waals surface area contributed by atoms with Crippen molar-refractivity contribution in [3.63, 3.8) is 0 Å². The van der Waals surface area contributed by atoms with Crippen LogP contribution in [0.5, 0.6) is 5.75 Å². The van der Waals surface area contributed by atoms with E-state index in [-0.39, 0.29) is 12.1 Å². The number of ether oxygens (including phenoxy) is 1. The van der Waals surface area contributed by atoms with Crippen molar-refractivity contribution in [2.75, 3.05) is 7.11 Å². The summed E-state index contributed by atoms with van der Waals surface area (Å²) in [5, 5.41) is 4.38. The predicted molar refractivity (Wildman–Crippen MR) is 78.1 cm³/mol. The summed E-state index contributed by atoms with van der Waals surface area (Å²) < 4.78 is 13.0. The Morgan fingerprint density at radius 3 is 2.35 bits per heavy atom. The highest BCUT2D eigenvalue weighted by Crippen LogP contribution is 2.35. The Morgan fingerprint density at radius 1 is 1.25 bits per heavy atom. The van der Waals surface area contributed by atoms with Gasteiger partial charge in [0, 0.05) is 11.6 Å². The van der Waals surface area contributed by atoms with E-state index in [1.54, 1.807) is 13.3 Å². The second-order valence-corrected chi connectivity index (χ2v) is 5.37. The summed E-state index contributed by atoms with van der Waals surface area (Å²) in [4.78, 5) is 0. The minimum absolute atomic E-state index is 0.216. The van der Waals surface area contributed by atoms with E-state index < -0.39 is 0 Å². The van der Waals surface area contributed by atoms with Crippen LogP contribution in [0.2, 0.25) is 0 Å². The van der Waals surface area contributed by atoms with Crippen LogP contribution in [0, 0.1) is 20.8 Å². The number of methoxy groups -OCH3 is 1. The number of aromatic nitrogens is 2. The van der Waals surface area contributed by atoms with Crippen LogP contribution in [0.3, 0.4) is 0 Å². The second-order valence-electron chi connectivity index (χ2n) is 5.37. The number of furan rings is 1. The van der Waals surface area contributed by atoms with Crippen LogP contribution in [0.25, 0.3) is 0 Å². The Hall–Kier alpha value is -1.75. The zero-order valence-electron chi connectivity index (χ0n) is 13.0. The van der Waals surface area contributed by atoms with Gasteiger partial charge in [0.1, 0.15) is 17.2 Å². The molecule has 0 aliphatic carbocycles. The standard InChI is InChI=1S/C15H23N3O2/c1-8(2)18-15(12(19-6)7-17-18)14(16)13-9(3)10(4)20-11(13)5/h7-8,14H,16H2,1-6H3. The topological polar surface area (TPSA) is 66.2 Å². The fraction of sp³-hybridized carbons (Fsp3) is 0.533. The maximum absolute atomic E-state index is 6.49. The Morgan fingerprint density at radius 2 is 1.90 bits per heavy atom. The van der Waals surface area contributed by atoms with Crippen LogP contribution in [-0.4, -0.2) is 16.9 Å². The monoisotopic (exact) mass is 277 g/mol. The van der Waals surface area contributed by atoms with E-state index in [9.17, 15) is 0 Å². The number of nitrogens with zero attached hydrogens (tertiary/aromatic N) is 2. The lowest BCUT2D eigenvalue weighted by Crippen LogP contribution is -2.20. The molecule has 5 heteroatoms. The van der Waals surface area contributed by atoms with E-state index in [2.05, 4.69) is 18.9 Å². The van der Waals surface area contributed by atoms with E-state index in [0.717, 1.165) is 28.3 Å². The third-order valence-electron chi connectivity index (χ3n) is 3.73. The maximum Gasteiger partial charge on any atom is 0.161 e. The number of rotatable bonds is 4. The van der Waals surface area contributed by atoms with Gasteiger partial charge in [0.05, 0.1) is 19.3 Å². The van der Waals surface area contributed by atoms with Gasteiger partial charge in [-0.3, -0.25) is 4.68 Å². The molecule has 2 rings (SSSR count). The highest BCUT2D eigenvalue weighted by atomic mass is 16.5. The van der Waals surface area contributed by atoms with Crippen molar-refractivity contribution in [2.45, 2.75) is 46.7 Å². The average Bonchev–Trinajstić information content (AvgIpc) is 2.91. The van der Waals surface area contributed by atoms with Crippen LogP contribution in [0.15, 0.2) is 10.6 Å². The normalized spacial score (nSPS) is 13.0. The summed E-state index contributed by atoms with van der Waals surface area (Å²) in [6.07, 6.45) is 1.72. The Balaban J connectivity index is 2.58. The summed E-state index contributed by atoms with van der Waals surface area (Å²) in [6.45, 7) is 10.1. The van der Waals surface area contributed by atoms with E-state index in [0.29, 0.717) is 5.75 Å². The molecule has 2 aromatic rings. The molecule has 2 heterocycles. The first-order chi connectivity index (χ1) is 9.38. The zero-order chi connectivity index (χ0) is 15.0. The van der Waals surface area contributed by atoms with E-state index >= 15 is 0 Å². The van der Waals surface area contributed by atoms with Crippen LogP contribution >= 0.6 is 0 Å². The number of hydrogen-bond donors (Lipinski definition) is 1. The first kappa shape index (κ1) is 14.7. The fourth-order valence-corrected chi connectivity index (χ4v) is 2.62.